The summed E-state index contributed by atoms with van der Waals surface area (Å²) in [5.74, 6) is 0. The number of anilines is 2. The largest absolute Gasteiger partial charge is 0.318 e. The van der Waals surface area contributed by atoms with E-state index in [-0.39, 0.29) is 0 Å². The van der Waals surface area contributed by atoms with Crippen molar-refractivity contribution < 1.29 is 0 Å². The van der Waals surface area contributed by atoms with Gasteiger partial charge in [-0.1, -0.05) is 29.8 Å². The molecular formula is C13H13ClN2S. The summed E-state index contributed by atoms with van der Waals surface area (Å²) in [5, 5.41) is 3.49. The number of hydrogen-bond acceptors (Lipinski definition) is 3. The maximum absolute atomic E-state index is 5.92. The third kappa shape index (κ3) is 2.17. The van der Waals surface area contributed by atoms with Crippen LogP contribution in [0.2, 0.25) is 5.15 Å². The number of aromatic nitrogens is 1. The van der Waals surface area contributed by atoms with Gasteiger partial charge in [0.2, 0.25) is 0 Å². The molecule has 0 amide bonds. The molecule has 0 unspecified atom stereocenters. The van der Waals surface area contributed by atoms with Gasteiger partial charge in [-0.05, 0) is 30.9 Å². The van der Waals surface area contributed by atoms with Crippen LogP contribution >= 0.6 is 22.9 Å². The fourth-order valence-corrected chi connectivity index (χ4v) is 3.25. The van der Waals surface area contributed by atoms with Gasteiger partial charge < -0.3 is 4.90 Å². The smallest absolute Gasteiger partial charge is 0.191 e. The van der Waals surface area contributed by atoms with Crippen molar-refractivity contribution in [3.63, 3.8) is 0 Å². The van der Waals surface area contributed by atoms with Gasteiger partial charge >= 0.3 is 0 Å². The van der Waals surface area contributed by atoms with Crippen LogP contribution in [0.3, 0.4) is 0 Å². The summed E-state index contributed by atoms with van der Waals surface area (Å²) in [5.41, 5.74) is 2.70. The normalized spacial score (nSPS) is 15.5. The lowest BCUT2D eigenvalue weighted by molar-refractivity contribution is 0.760. The van der Waals surface area contributed by atoms with E-state index in [1.54, 1.807) is 11.3 Å². The van der Waals surface area contributed by atoms with E-state index in [9.17, 15) is 0 Å². The van der Waals surface area contributed by atoms with Crippen molar-refractivity contribution in [2.24, 2.45) is 0 Å². The van der Waals surface area contributed by atoms with Gasteiger partial charge in [-0.15, -0.1) is 11.3 Å². The average Bonchev–Trinajstić information content (AvgIpc) is 2.66. The molecule has 2 nitrogen and oxygen atoms in total. The van der Waals surface area contributed by atoms with Crippen LogP contribution in [0, 0.1) is 0 Å². The first-order valence-corrected chi connectivity index (χ1v) is 7.07. The molecule has 0 radical (unpaired) electrons. The Labute approximate surface area is 110 Å². The molecule has 2 aromatic rings. The molecule has 88 valence electrons. The van der Waals surface area contributed by atoms with E-state index in [4.69, 9.17) is 11.6 Å². The maximum atomic E-state index is 5.92. The first kappa shape index (κ1) is 11.1. The van der Waals surface area contributed by atoms with Crippen molar-refractivity contribution in [2.75, 3.05) is 11.4 Å². The number of para-hydroxylation sites is 1. The summed E-state index contributed by atoms with van der Waals surface area (Å²) in [6.07, 6.45) is 3.60. The van der Waals surface area contributed by atoms with Gasteiger partial charge in [0, 0.05) is 17.6 Å². The molecular weight excluding hydrogens is 252 g/mol. The molecule has 0 spiro atoms. The SMILES string of the molecule is Clc1csc(N2CCCCc3ccccc32)n1. The van der Waals surface area contributed by atoms with Crippen LogP contribution in [0.15, 0.2) is 29.6 Å². The zero-order valence-electron chi connectivity index (χ0n) is 9.40. The van der Waals surface area contributed by atoms with Crippen molar-refractivity contribution in [3.05, 3.63) is 40.4 Å². The van der Waals surface area contributed by atoms with Gasteiger partial charge in [-0.3, -0.25) is 0 Å². The highest BCUT2D eigenvalue weighted by Gasteiger charge is 2.18. The first-order chi connectivity index (χ1) is 8.34. The Morgan fingerprint density at radius 1 is 1.24 bits per heavy atom. The second-order valence-corrected chi connectivity index (χ2v) is 5.41. The van der Waals surface area contributed by atoms with Crippen molar-refractivity contribution in [2.45, 2.75) is 19.3 Å². The predicted molar refractivity (Wildman–Crippen MR) is 73.5 cm³/mol. The highest BCUT2D eigenvalue weighted by Crippen LogP contribution is 2.34. The van der Waals surface area contributed by atoms with Crippen LogP contribution in [0.4, 0.5) is 10.8 Å². The van der Waals surface area contributed by atoms with E-state index < -0.39 is 0 Å². The fourth-order valence-electron chi connectivity index (χ4n) is 2.26. The molecule has 1 aromatic carbocycles. The molecule has 0 atom stereocenters. The minimum absolute atomic E-state index is 0.590. The Morgan fingerprint density at radius 3 is 2.94 bits per heavy atom. The summed E-state index contributed by atoms with van der Waals surface area (Å²) in [7, 11) is 0. The van der Waals surface area contributed by atoms with Gasteiger partial charge in [0.25, 0.3) is 0 Å². The number of benzene rings is 1. The zero-order chi connectivity index (χ0) is 11.7. The average molecular weight is 265 g/mol. The highest BCUT2D eigenvalue weighted by atomic mass is 35.5. The van der Waals surface area contributed by atoms with E-state index in [0.29, 0.717) is 5.15 Å². The van der Waals surface area contributed by atoms with Crippen LogP contribution in [0.1, 0.15) is 18.4 Å². The van der Waals surface area contributed by atoms with Crippen LogP contribution in [-0.4, -0.2) is 11.5 Å². The molecule has 2 heterocycles. The van der Waals surface area contributed by atoms with Crippen molar-refractivity contribution >= 4 is 33.8 Å². The van der Waals surface area contributed by atoms with E-state index >= 15 is 0 Å². The van der Waals surface area contributed by atoms with Crippen LogP contribution in [0.25, 0.3) is 0 Å². The standard InChI is InChI=1S/C13H13ClN2S/c14-12-9-17-13(15-12)16-8-4-3-6-10-5-1-2-7-11(10)16/h1-2,5,7,9H,3-4,6,8H2. The van der Waals surface area contributed by atoms with E-state index in [1.165, 1.54) is 24.1 Å². The molecule has 0 bridgehead atoms. The lowest BCUT2D eigenvalue weighted by Gasteiger charge is -2.21. The Balaban J connectivity index is 2.05. The van der Waals surface area contributed by atoms with E-state index in [1.807, 2.05) is 5.38 Å². The number of nitrogens with zero attached hydrogens (tertiary/aromatic N) is 2. The van der Waals surface area contributed by atoms with Crippen molar-refractivity contribution in [3.8, 4) is 0 Å². The predicted octanol–water partition coefficient (Wildman–Crippen LogP) is 4.27. The highest BCUT2D eigenvalue weighted by molar-refractivity contribution is 7.14. The van der Waals surface area contributed by atoms with Crippen LogP contribution in [0.5, 0.6) is 0 Å². The number of thiazole rings is 1. The van der Waals surface area contributed by atoms with Crippen molar-refractivity contribution in [1.29, 1.82) is 0 Å². The number of aryl methyl sites for hydroxylation is 1. The Kier molecular flexibility index (Phi) is 3.04. The van der Waals surface area contributed by atoms with Gasteiger partial charge in [-0.25, -0.2) is 4.98 Å². The maximum Gasteiger partial charge on any atom is 0.191 e. The van der Waals surface area contributed by atoms with Crippen LogP contribution < -0.4 is 4.90 Å². The molecule has 1 aromatic heterocycles. The minimum Gasteiger partial charge on any atom is -0.318 e. The molecule has 0 saturated carbocycles. The topological polar surface area (TPSA) is 16.1 Å². The summed E-state index contributed by atoms with van der Waals surface area (Å²) in [6.45, 7) is 1.03. The van der Waals surface area contributed by atoms with Gasteiger partial charge in [0.1, 0.15) is 5.15 Å². The second kappa shape index (κ2) is 4.67. The first-order valence-electron chi connectivity index (χ1n) is 5.81. The molecule has 0 N–H and O–H groups in total. The molecule has 1 aliphatic heterocycles. The Hall–Kier alpha value is -1.06. The Bertz CT molecular complexity index is 524. The quantitative estimate of drug-likeness (QED) is 0.765. The lowest BCUT2D eigenvalue weighted by Crippen LogP contribution is -2.17. The second-order valence-electron chi connectivity index (χ2n) is 4.19. The van der Waals surface area contributed by atoms with Gasteiger partial charge in [0.15, 0.2) is 5.13 Å². The molecule has 17 heavy (non-hydrogen) atoms. The summed E-state index contributed by atoms with van der Waals surface area (Å²) in [4.78, 5) is 6.68. The van der Waals surface area contributed by atoms with Gasteiger partial charge in [0.05, 0.1) is 0 Å². The summed E-state index contributed by atoms with van der Waals surface area (Å²) in [6, 6.07) is 8.59. The number of rotatable bonds is 1. The lowest BCUT2D eigenvalue weighted by atomic mass is 10.1. The molecule has 3 rings (SSSR count). The summed E-state index contributed by atoms with van der Waals surface area (Å²) >= 11 is 7.53. The number of halogens is 1. The molecule has 0 fully saturated rings. The van der Waals surface area contributed by atoms with Crippen LogP contribution in [-0.2, 0) is 6.42 Å². The Morgan fingerprint density at radius 2 is 2.12 bits per heavy atom. The molecule has 0 aliphatic carbocycles. The monoisotopic (exact) mass is 264 g/mol. The molecule has 4 heteroatoms. The number of fused-ring (bicyclic) bond motifs is 1. The van der Waals surface area contributed by atoms with Gasteiger partial charge in [-0.2, -0.15) is 0 Å². The summed E-state index contributed by atoms with van der Waals surface area (Å²) < 4.78 is 0. The fraction of sp³-hybridized carbons (Fsp3) is 0.308. The minimum atomic E-state index is 0.590. The molecule has 0 saturated heterocycles. The number of hydrogen-bond donors (Lipinski definition) is 0. The van der Waals surface area contributed by atoms with Crippen molar-refractivity contribution in [1.82, 2.24) is 4.98 Å². The van der Waals surface area contributed by atoms with E-state index in [0.717, 1.165) is 18.1 Å². The zero-order valence-corrected chi connectivity index (χ0v) is 11.0. The third-order valence-electron chi connectivity index (χ3n) is 3.06. The third-order valence-corrected chi connectivity index (χ3v) is 4.24. The van der Waals surface area contributed by atoms with E-state index in [2.05, 4.69) is 34.1 Å². The molecule has 1 aliphatic rings.